The molecule has 13 aromatic carbocycles. The molecule has 0 bridgehead atoms. The minimum Gasteiger partial charge on any atom is -0.373 e. The number of nitrogen functional groups attached to an aromatic ring is 1. The van der Waals surface area contributed by atoms with Gasteiger partial charge in [0.05, 0.1) is 5.69 Å². The first-order valence-electron chi connectivity index (χ1n) is 31.5. The summed E-state index contributed by atoms with van der Waals surface area (Å²) >= 11 is 0. The molecular weight excluding hydrogens is 1270 g/mol. The Morgan fingerprint density at radius 3 is 0.649 bits per heavy atom. The summed E-state index contributed by atoms with van der Waals surface area (Å²) in [6.45, 7) is 0. The highest BCUT2D eigenvalue weighted by Crippen LogP contribution is 2.36. The Balaban J connectivity index is 0.000000132. The predicted octanol–water partition coefficient (Wildman–Crippen LogP) is 16.3. The van der Waals surface area contributed by atoms with E-state index in [-0.39, 0.29) is 5.95 Å². The fourth-order valence-electron chi connectivity index (χ4n) is 10.4. The molecule has 3 N–H and O–H groups in total. The van der Waals surface area contributed by atoms with Crippen molar-refractivity contribution in [2.24, 2.45) is 0 Å². The van der Waals surface area contributed by atoms with Crippen LogP contribution in [0.1, 0.15) is 10.4 Å². The molecule has 0 spiro atoms. The van der Waals surface area contributed by atoms with Crippen LogP contribution in [0.4, 0.5) is 24.9 Å². The van der Waals surface area contributed by atoms with Crippen molar-refractivity contribution >= 4 is 113 Å². The lowest BCUT2D eigenvalue weighted by Gasteiger charge is -2.18. The van der Waals surface area contributed by atoms with Gasteiger partial charge in [0.1, 0.15) is 5.82 Å². The van der Waals surface area contributed by atoms with Gasteiger partial charge in [0, 0.05) is 24.2 Å². The third-order valence-electron chi connectivity index (χ3n) is 14.9. The van der Waals surface area contributed by atoms with Crippen LogP contribution in [0.2, 0.25) is 0 Å². The number of halogens is 3. The van der Waals surface area contributed by atoms with E-state index in [9.17, 15) is 18.0 Å². The van der Waals surface area contributed by atoms with Crippen LogP contribution in [0, 0.1) is 0 Å². The van der Waals surface area contributed by atoms with Crippen LogP contribution in [0.5, 0.6) is 0 Å². The maximum Gasteiger partial charge on any atom is 0.454 e. The molecule has 12 heteroatoms. The fraction of sp³-hybridized carbons (Fsp3) is 0.0235. The molecule has 0 aliphatic rings. The van der Waals surface area contributed by atoms with Gasteiger partial charge in [-0.1, -0.05) is 388 Å². The van der Waals surface area contributed by atoms with E-state index in [0.717, 1.165) is 12.1 Å². The lowest BCUT2D eigenvalue weighted by atomic mass is 10.1. The second-order valence-electron chi connectivity index (χ2n) is 21.5. The smallest absolute Gasteiger partial charge is 0.373 e. The van der Waals surface area contributed by atoms with E-state index in [4.69, 9.17) is 5.73 Å². The quantitative estimate of drug-likeness (QED) is 0.0790. The standard InChI is InChI=1S/4C18H15P.C13H11F3N4O/c4*1-4-10-16(11-5-1)19(17-12-6-2-7-13-17)18-14-8-3-9-15-18;1-18-10-6-9(19-12(17)20-10)7-2-4-8(5-3-7)11(21)13(14,15)16/h4*1-15H;2-6H,1H3,(H3,17,18,19,20). The van der Waals surface area contributed by atoms with Crippen molar-refractivity contribution in [1.82, 2.24) is 9.97 Å². The molecular formula is C85H71F3N4OP4. The van der Waals surface area contributed by atoms with E-state index in [1.54, 1.807) is 13.1 Å². The summed E-state index contributed by atoms with van der Waals surface area (Å²) in [7, 11) is -0.134. The van der Waals surface area contributed by atoms with Gasteiger partial charge in [0.25, 0.3) is 5.78 Å². The number of nitrogens with zero attached hydrogens (tertiary/aromatic N) is 2. The van der Waals surface area contributed by atoms with Crippen molar-refractivity contribution in [2.45, 2.75) is 6.18 Å². The number of nitrogens with two attached hydrogens (primary N) is 1. The second-order valence-corrected chi connectivity index (χ2v) is 30.4. The summed E-state index contributed by atoms with van der Waals surface area (Å²) < 4.78 is 36.9. The maximum atomic E-state index is 12.3. The van der Waals surface area contributed by atoms with Gasteiger partial charge in [-0.05, 0) is 95.3 Å². The molecule has 5 nitrogen and oxygen atoms in total. The lowest BCUT2D eigenvalue weighted by molar-refractivity contribution is -0.0885. The van der Waals surface area contributed by atoms with Crippen LogP contribution in [0.3, 0.4) is 0 Å². The van der Waals surface area contributed by atoms with Crippen molar-refractivity contribution in [1.29, 1.82) is 0 Å². The molecule has 0 saturated heterocycles. The number of alkyl halides is 3. The number of Topliss-reactive ketones (excluding diaryl/α,β-unsaturated/α-hetero) is 1. The molecule has 0 aliphatic heterocycles. The third kappa shape index (κ3) is 20.4. The molecule has 0 fully saturated rings. The van der Waals surface area contributed by atoms with Crippen molar-refractivity contribution < 1.29 is 18.0 Å². The molecule has 0 radical (unpaired) electrons. The van der Waals surface area contributed by atoms with Gasteiger partial charge >= 0.3 is 6.18 Å². The lowest BCUT2D eigenvalue weighted by Crippen LogP contribution is -2.22. The Bertz CT molecular complexity index is 3690. The first-order valence-corrected chi connectivity index (χ1v) is 36.8. The van der Waals surface area contributed by atoms with Gasteiger partial charge in [-0.25, -0.2) is 4.98 Å². The zero-order chi connectivity index (χ0) is 67.3. The fourth-order valence-corrected chi connectivity index (χ4v) is 19.6. The number of hydrogen-bond donors (Lipinski definition) is 2. The molecule has 478 valence electrons. The van der Waals surface area contributed by atoms with E-state index in [2.05, 4.69) is 379 Å². The first kappa shape index (κ1) is 69.5. The number of benzene rings is 13. The number of ketones is 1. The molecule has 14 aromatic rings. The van der Waals surface area contributed by atoms with Crippen molar-refractivity contribution in [3.63, 3.8) is 0 Å². The molecule has 14 rings (SSSR count). The van der Waals surface area contributed by atoms with Gasteiger partial charge in [0.15, 0.2) is 0 Å². The summed E-state index contributed by atoms with van der Waals surface area (Å²) in [4.78, 5) is 19.0. The minimum absolute atomic E-state index is 0.0345. The summed E-state index contributed by atoms with van der Waals surface area (Å²) in [6, 6.07) is 136. The van der Waals surface area contributed by atoms with Gasteiger partial charge in [0.2, 0.25) is 5.95 Å². The van der Waals surface area contributed by atoms with Crippen molar-refractivity contribution in [3.05, 3.63) is 400 Å². The number of carbonyl (C=O) groups excluding carboxylic acids is 1. The van der Waals surface area contributed by atoms with E-state index in [1.165, 1.54) is 75.8 Å². The predicted molar refractivity (Wildman–Crippen MR) is 412 cm³/mol. The van der Waals surface area contributed by atoms with Crippen LogP contribution in [0.25, 0.3) is 11.3 Å². The number of anilines is 2. The van der Waals surface area contributed by atoms with E-state index < -0.39 is 49.2 Å². The van der Waals surface area contributed by atoms with Crippen LogP contribution < -0.4 is 74.7 Å². The molecule has 0 saturated carbocycles. The molecule has 97 heavy (non-hydrogen) atoms. The van der Waals surface area contributed by atoms with Gasteiger partial charge in [-0.15, -0.1) is 0 Å². The van der Waals surface area contributed by atoms with Gasteiger partial charge in [-0.3, -0.25) is 4.79 Å². The Morgan fingerprint density at radius 2 is 0.485 bits per heavy atom. The highest BCUT2D eigenvalue weighted by atomic mass is 31.1. The topological polar surface area (TPSA) is 80.9 Å². The third-order valence-corrected chi connectivity index (χ3v) is 24.6. The Morgan fingerprint density at radius 1 is 0.299 bits per heavy atom. The molecule has 0 amide bonds. The zero-order valence-electron chi connectivity index (χ0n) is 53.3. The zero-order valence-corrected chi connectivity index (χ0v) is 56.9. The van der Waals surface area contributed by atoms with E-state index >= 15 is 0 Å². The van der Waals surface area contributed by atoms with Gasteiger partial charge in [-0.2, -0.15) is 18.2 Å². The number of nitrogens with one attached hydrogen (secondary N) is 1. The van der Waals surface area contributed by atoms with Crippen LogP contribution in [-0.2, 0) is 0 Å². The number of aromatic nitrogens is 2. The van der Waals surface area contributed by atoms with E-state index in [0.29, 0.717) is 17.1 Å². The van der Waals surface area contributed by atoms with E-state index in [1.807, 2.05) is 0 Å². The highest BCUT2D eigenvalue weighted by molar-refractivity contribution is 7.81. The average molecular weight is 1350 g/mol. The normalized spacial score (nSPS) is 10.7. The maximum absolute atomic E-state index is 12.3. The largest absolute Gasteiger partial charge is 0.454 e. The Kier molecular flexibility index (Phi) is 26.2. The molecule has 0 aliphatic carbocycles. The SMILES string of the molecule is CNc1cc(-c2ccc(C(=O)C(F)(F)F)cc2)nc(N)n1.c1ccc(P(c2ccccc2)c2ccccc2)cc1.c1ccc(P(c2ccccc2)c2ccccc2)cc1.c1ccc(P(c2ccccc2)c2ccccc2)cc1.c1ccc(P(c2ccccc2)c2ccccc2)cc1. The van der Waals surface area contributed by atoms with Crippen LogP contribution in [0.15, 0.2) is 394 Å². The number of rotatable bonds is 15. The highest BCUT2D eigenvalue weighted by Gasteiger charge is 2.39. The first-order chi connectivity index (χ1) is 47.6. The van der Waals surface area contributed by atoms with Crippen LogP contribution in [-0.4, -0.2) is 29.0 Å². The van der Waals surface area contributed by atoms with Gasteiger partial charge < -0.3 is 11.1 Å². The summed E-state index contributed by atoms with van der Waals surface area (Å²) in [5.74, 6) is -1.37. The molecule has 1 aromatic heterocycles. The summed E-state index contributed by atoms with van der Waals surface area (Å²) in [6.07, 6.45) is -4.89. The second kappa shape index (κ2) is 36.6. The van der Waals surface area contributed by atoms with Crippen molar-refractivity contribution in [3.8, 4) is 11.3 Å². The Labute approximate surface area is 572 Å². The number of carbonyl (C=O) groups is 1. The monoisotopic (exact) mass is 1340 g/mol. The summed E-state index contributed by atoms with van der Waals surface area (Å²) in [5, 5.41) is 19.6. The van der Waals surface area contributed by atoms with Crippen LogP contribution >= 0.6 is 31.7 Å². The van der Waals surface area contributed by atoms with Crippen molar-refractivity contribution in [2.75, 3.05) is 18.1 Å². The summed E-state index contributed by atoms with van der Waals surface area (Å²) in [5.41, 5.74) is 6.08. The Hall–Kier alpha value is -10.3. The number of hydrogen-bond acceptors (Lipinski definition) is 5. The molecule has 1 heterocycles. The molecule has 0 unspecified atom stereocenters. The molecule has 0 atom stereocenters. The average Bonchev–Trinajstić information content (AvgIpc) is 1.01. The minimum atomic E-state index is -4.89.